The second-order valence-electron chi connectivity index (χ2n) is 5.27. The number of carbonyl (C=O) groups excluding carboxylic acids is 1. The molecule has 0 spiro atoms. The molecule has 1 aliphatic heterocycles. The first-order valence-electron chi connectivity index (χ1n) is 6.82. The predicted molar refractivity (Wildman–Crippen MR) is 82.0 cm³/mol. The SMILES string of the molecule is CC(=O)C1=C(C)NC(C)=C([N+](=O)[O-])C1c1cccc([N+](=O)[O-])c1. The molecule has 0 aromatic heterocycles. The summed E-state index contributed by atoms with van der Waals surface area (Å²) < 4.78 is 0. The molecule has 0 saturated heterocycles. The molecule has 2 rings (SSSR count). The van der Waals surface area contributed by atoms with Crippen LogP contribution >= 0.6 is 0 Å². The Balaban J connectivity index is 2.72. The van der Waals surface area contributed by atoms with E-state index in [4.69, 9.17) is 0 Å². The van der Waals surface area contributed by atoms with Crippen molar-refractivity contribution < 1.29 is 14.6 Å². The van der Waals surface area contributed by atoms with E-state index in [0.29, 0.717) is 17.0 Å². The lowest BCUT2D eigenvalue weighted by Gasteiger charge is -2.26. The van der Waals surface area contributed by atoms with Gasteiger partial charge in [-0.25, -0.2) is 0 Å². The number of nitrogens with zero attached hydrogens (tertiary/aromatic N) is 2. The zero-order chi connectivity index (χ0) is 17.3. The largest absolute Gasteiger partial charge is 0.357 e. The van der Waals surface area contributed by atoms with E-state index in [0.717, 1.165) is 0 Å². The third-order valence-corrected chi connectivity index (χ3v) is 3.72. The Bertz CT molecular complexity index is 743. The van der Waals surface area contributed by atoms with Crippen molar-refractivity contribution in [3.63, 3.8) is 0 Å². The van der Waals surface area contributed by atoms with Crippen molar-refractivity contribution in [2.45, 2.75) is 26.7 Å². The maximum absolute atomic E-state index is 12.0. The first-order chi connectivity index (χ1) is 10.7. The summed E-state index contributed by atoms with van der Waals surface area (Å²) in [7, 11) is 0. The fourth-order valence-corrected chi connectivity index (χ4v) is 2.83. The van der Waals surface area contributed by atoms with Gasteiger partial charge in [0.05, 0.1) is 15.5 Å². The molecule has 0 bridgehead atoms. The second kappa shape index (κ2) is 5.99. The smallest absolute Gasteiger partial charge is 0.276 e. The quantitative estimate of drug-likeness (QED) is 0.674. The second-order valence-corrected chi connectivity index (χ2v) is 5.27. The minimum atomic E-state index is -0.941. The van der Waals surface area contributed by atoms with Gasteiger partial charge in [-0.1, -0.05) is 12.1 Å². The van der Waals surface area contributed by atoms with Gasteiger partial charge < -0.3 is 5.32 Å². The van der Waals surface area contributed by atoms with Gasteiger partial charge in [-0.05, 0) is 26.3 Å². The first kappa shape index (κ1) is 16.3. The van der Waals surface area contributed by atoms with E-state index in [9.17, 15) is 25.0 Å². The Labute approximate surface area is 131 Å². The lowest BCUT2D eigenvalue weighted by Crippen LogP contribution is -2.30. The number of non-ortho nitro benzene ring substituents is 1. The third kappa shape index (κ3) is 2.96. The molecule has 1 N–H and O–H groups in total. The van der Waals surface area contributed by atoms with Gasteiger partial charge in [-0.2, -0.15) is 0 Å². The number of dihydropyridines is 1. The van der Waals surface area contributed by atoms with Crippen molar-refractivity contribution in [1.29, 1.82) is 0 Å². The molecular weight excluding hydrogens is 302 g/mol. The molecular formula is C15H15N3O5. The summed E-state index contributed by atoms with van der Waals surface area (Å²) in [5, 5.41) is 25.3. The maximum Gasteiger partial charge on any atom is 0.276 e. The van der Waals surface area contributed by atoms with Gasteiger partial charge in [0.15, 0.2) is 5.78 Å². The summed E-state index contributed by atoms with van der Waals surface area (Å²) in [6.07, 6.45) is 0. The third-order valence-electron chi connectivity index (χ3n) is 3.72. The highest BCUT2D eigenvalue weighted by Crippen LogP contribution is 2.39. The molecule has 0 fully saturated rings. The number of nitrogens with one attached hydrogen (secondary N) is 1. The molecule has 8 heteroatoms. The first-order valence-corrected chi connectivity index (χ1v) is 6.82. The van der Waals surface area contributed by atoms with Crippen molar-refractivity contribution in [3.05, 3.63) is 72.7 Å². The van der Waals surface area contributed by atoms with Crippen LogP contribution in [0.4, 0.5) is 5.69 Å². The van der Waals surface area contributed by atoms with Gasteiger partial charge in [0.2, 0.25) is 0 Å². The van der Waals surface area contributed by atoms with Crippen molar-refractivity contribution in [2.24, 2.45) is 0 Å². The molecule has 0 saturated carbocycles. The van der Waals surface area contributed by atoms with Gasteiger partial charge in [0.1, 0.15) is 5.92 Å². The van der Waals surface area contributed by atoms with Crippen LogP contribution in [0.5, 0.6) is 0 Å². The summed E-state index contributed by atoms with van der Waals surface area (Å²) in [6.45, 7) is 4.52. The normalized spacial score (nSPS) is 17.8. The monoisotopic (exact) mass is 317 g/mol. The Morgan fingerprint density at radius 1 is 1.13 bits per heavy atom. The van der Waals surface area contributed by atoms with E-state index in [1.54, 1.807) is 19.9 Å². The number of hydrogen-bond acceptors (Lipinski definition) is 6. The van der Waals surface area contributed by atoms with Crippen LogP contribution in [-0.2, 0) is 4.79 Å². The highest BCUT2D eigenvalue weighted by Gasteiger charge is 2.39. The van der Waals surface area contributed by atoms with Crippen LogP contribution in [0.25, 0.3) is 0 Å². The number of nitro groups is 2. The van der Waals surface area contributed by atoms with Crippen LogP contribution in [0.1, 0.15) is 32.3 Å². The topological polar surface area (TPSA) is 115 Å². The van der Waals surface area contributed by atoms with E-state index < -0.39 is 15.8 Å². The molecule has 1 unspecified atom stereocenters. The molecule has 0 amide bonds. The van der Waals surface area contributed by atoms with Crippen LogP contribution in [0, 0.1) is 20.2 Å². The van der Waals surface area contributed by atoms with Crippen LogP contribution in [0.2, 0.25) is 0 Å². The number of rotatable bonds is 4. The molecule has 1 heterocycles. The fourth-order valence-electron chi connectivity index (χ4n) is 2.83. The van der Waals surface area contributed by atoms with Crippen LogP contribution in [-0.4, -0.2) is 15.6 Å². The van der Waals surface area contributed by atoms with Crippen molar-refractivity contribution in [1.82, 2.24) is 5.32 Å². The molecule has 1 atom stereocenters. The number of ketones is 1. The highest BCUT2D eigenvalue weighted by molar-refractivity contribution is 5.96. The number of Topliss-reactive ketones (excluding diaryl/α,β-unsaturated/α-hetero) is 1. The molecule has 23 heavy (non-hydrogen) atoms. The van der Waals surface area contributed by atoms with E-state index in [-0.39, 0.29) is 22.7 Å². The minimum Gasteiger partial charge on any atom is -0.357 e. The average molecular weight is 317 g/mol. The molecule has 120 valence electrons. The maximum atomic E-state index is 12.0. The van der Waals surface area contributed by atoms with Crippen LogP contribution in [0.3, 0.4) is 0 Å². The lowest BCUT2D eigenvalue weighted by molar-refractivity contribution is -0.431. The number of benzene rings is 1. The van der Waals surface area contributed by atoms with Gasteiger partial charge >= 0.3 is 0 Å². The van der Waals surface area contributed by atoms with Crippen molar-refractivity contribution in [2.75, 3.05) is 0 Å². The lowest BCUT2D eigenvalue weighted by atomic mass is 9.82. The van der Waals surface area contributed by atoms with Gasteiger partial charge in [0, 0.05) is 23.4 Å². The Kier molecular flexibility index (Phi) is 4.26. The number of allylic oxidation sites excluding steroid dienone is 3. The summed E-state index contributed by atoms with van der Waals surface area (Å²) >= 11 is 0. The Hall–Kier alpha value is -3.03. The van der Waals surface area contributed by atoms with E-state index in [1.165, 1.54) is 25.1 Å². The Morgan fingerprint density at radius 3 is 2.30 bits per heavy atom. The van der Waals surface area contributed by atoms with E-state index in [1.807, 2.05) is 0 Å². The van der Waals surface area contributed by atoms with Gasteiger partial charge in [-0.3, -0.25) is 25.0 Å². The average Bonchev–Trinajstić information content (AvgIpc) is 2.45. The molecule has 8 nitrogen and oxygen atoms in total. The van der Waals surface area contributed by atoms with E-state index in [2.05, 4.69) is 5.32 Å². The van der Waals surface area contributed by atoms with Crippen LogP contribution in [0.15, 0.2) is 46.9 Å². The summed E-state index contributed by atoms with van der Waals surface area (Å²) in [5.41, 5.74) is 1.05. The predicted octanol–water partition coefficient (Wildman–Crippen LogP) is 2.65. The molecule has 0 aliphatic carbocycles. The van der Waals surface area contributed by atoms with Gasteiger partial charge in [-0.15, -0.1) is 0 Å². The van der Waals surface area contributed by atoms with Crippen LogP contribution < -0.4 is 5.32 Å². The zero-order valence-corrected chi connectivity index (χ0v) is 12.8. The van der Waals surface area contributed by atoms with Gasteiger partial charge in [0.25, 0.3) is 11.4 Å². The number of hydrogen-bond donors (Lipinski definition) is 1. The highest BCUT2D eigenvalue weighted by atomic mass is 16.6. The molecule has 1 aliphatic rings. The summed E-state index contributed by atoms with van der Waals surface area (Å²) in [5.74, 6) is -1.26. The number of nitro benzene ring substituents is 1. The standard InChI is InChI=1S/C15H15N3O5/c1-8-13(10(3)19)14(15(18(22)23)9(2)16-8)11-5-4-6-12(7-11)17(20)21/h4-7,14,16H,1-3H3. The molecule has 0 radical (unpaired) electrons. The van der Waals surface area contributed by atoms with Crippen molar-refractivity contribution >= 4 is 11.5 Å². The Morgan fingerprint density at radius 2 is 1.78 bits per heavy atom. The zero-order valence-electron chi connectivity index (χ0n) is 12.8. The fraction of sp³-hybridized carbons (Fsp3) is 0.267. The summed E-state index contributed by atoms with van der Waals surface area (Å²) in [6, 6.07) is 5.57. The molecule has 1 aromatic carbocycles. The summed E-state index contributed by atoms with van der Waals surface area (Å²) in [4.78, 5) is 33.3. The minimum absolute atomic E-state index is 0.179. The molecule has 1 aromatic rings. The van der Waals surface area contributed by atoms with Crippen molar-refractivity contribution in [3.8, 4) is 0 Å². The van der Waals surface area contributed by atoms with E-state index >= 15 is 0 Å². The number of carbonyl (C=O) groups is 1.